The molecule has 5 heteroatoms. The number of methoxy groups -OCH3 is 1. The van der Waals surface area contributed by atoms with E-state index in [2.05, 4.69) is 36.5 Å². The molecule has 25 heavy (non-hydrogen) atoms. The van der Waals surface area contributed by atoms with Gasteiger partial charge in [-0.1, -0.05) is 0 Å². The van der Waals surface area contributed by atoms with Crippen molar-refractivity contribution in [2.24, 2.45) is 0 Å². The monoisotopic (exact) mass is 405 g/mol. The van der Waals surface area contributed by atoms with Crippen LogP contribution in [0.15, 0.2) is 54.6 Å². The summed E-state index contributed by atoms with van der Waals surface area (Å²) < 4.78 is 6.10. The maximum atomic E-state index is 12.2. The molecule has 0 unspecified atom stereocenters. The summed E-state index contributed by atoms with van der Waals surface area (Å²) >= 11 is 0.255. The quantitative estimate of drug-likeness (QED) is 0.541. The van der Waals surface area contributed by atoms with E-state index in [1.165, 1.54) is 17.1 Å². The first-order valence-electron chi connectivity index (χ1n) is 8.19. The normalized spacial score (nSPS) is 11.6. The zero-order valence-corrected chi connectivity index (χ0v) is 16.2. The van der Waals surface area contributed by atoms with Gasteiger partial charge >= 0.3 is 155 Å². The minimum absolute atomic E-state index is 0.111. The zero-order chi connectivity index (χ0) is 18.1. The fourth-order valence-corrected chi connectivity index (χ4v) is 4.13. The Hall–Kier alpha value is -2.10. The van der Waals surface area contributed by atoms with Crippen LogP contribution in [0.3, 0.4) is 0 Å². The molecule has 0 saturated heterocycles. The Balaban J connectivity index is 1.84. The van der Waals surface area contributed by atoms with Gasteiger partial charge in [0, 0.05) is 0 Å². The predicted molar refractivity (Wildman–Crippen MR) is 100 cm³/mol. The number of hydrogen-bond donors (Lipinski definition) is 1. The molecular weight excluding hydrogens is 381 g/mol. The van der Waals surface area contributed by atoms with Crippen molar-refractivity contribution in [1.82, 2.24) is 5.32 Å². The van der Waals surface area contributed by atoms with Crippen molar-refractivity contribution in [1.29, 1.82) is 0 Å². The second-order valence-electron chi connectivity index (χ2n) is 5.74. The summed E-state index contributed by atoms with van der Waals surface area (Å²) in [5, 5.41) is 3.61. The molecule has 0 spiro atoms. The summed E-state index contributed by atoms with van der Waals surface area (Å²) in [5.74, 6) is -0.526. The van der Waals surface area contributed by atoms with Crippen LogP contribution in [0.25, 0.3) is 0 Å². The standard InChI is InChI=1S/C20H23NO3Se/c1-15-8-10-17(11-9-15)25-13-12-19(22)21-18(20(23)24-2)14-16-6-4-3-5-7-16/h3-11,18H,12-14H2,1-2H3,(H,21,22)/t18-/m0/s1. The van der Waals surface area contributed by atoms with Crippen LogP contribution in [0.2, 0.25) is 5.32 Å². The maximum absolute atomic E-state index is 12.2. The number of amides is 1. The third-order valence-electron chi connectivity index (χ3n) is 3.72. The molecule has 2 aromatic carbocycles. The Morgan fingerprint density at radius 2 is 1.76 bits per heavy atom. The molecule has 0 aromatic heterocycles. The van der Waals surface area contributed by atoms with Gasteiger partial charge in [0.2, 0.25) is 0 Å². The molecule has 4 nitrogen and oxygen atoms in total. The Morgan fingerprint density at radius 1 is 1.08 bits per heavy atom. The first-order valence-corrected chi connectivity index (χ1v) is 10.3. The van der Waals surface area contributed by atoms with Gasteiger partial charge in [-0.05, 0) is 0 Å². The van der Waals surface area contributed by atoms with E-state index in [0.717, 1.165) is 10.9 Å². The number of esters is 1. The van der Waals surface area contributed by atoms with E-state index in [-0.39, 0.29) is 20.9 Å². The zero-order valence-electron chi connectivity index (χ0n) is 14.5. The van der Waals surface area contributed by atoms with Crippen LogP contribution < -0.4 is 9.78 Å². The number of nitrogens with one attached hydrogen (secondary N) is 1. The molecule has 1 amide bonds. The first kappa shape index (κ1) is 19.2. The van der Waals surface area contributed by atoms with Crippen molar-refractivity contribution < 1.29 is 14.3 Å². The van der Waals surface area contributed by atoms with Crippen molar-refractivity contribution in [3.63, 3.8) is 0 Å². The SMILES string of the molecule is COC(=O)[C@H](Cc1ccccc1)NC(=O)CC[Se]c1ccc(C)cc1. The van der Waals surface area contributed by atoms with Crippen LogP contribution in [0.1, 0.15) is 17.5 Å². The first-order chi connectivity index (χ1) is 12.1. The minimum atomic E-state index is -0.647. The summed E-state index contributed by atoms with van der Waals surface area (Å²) in [5.41, 5.74) is 2.22. The van der Waals surface area contributed by atoms with E-state index in [0.29, 0.717) is 12.8 Å². The Morgan fingerprint density at radius 3 is 2.40 bits per heavy atom. The third-order valence-corrected chi connectivity index (χ3v) is 5.85. The predicted octanol–water partition coefficient (Wildman–Crippen LogP) is 2.03. The van der Waals surface area contributed by atoms with Gasteiger partial charge in [0.15, 0.2) is 0 Å². The summed E-state index contributed by atoms with van der Waals surface area (Å²) in [7, 11) is 1.34. The second kappa shape index (κ2) is 10.0. The van der Waals surface area contributed by atoms with Gasteiger partial charge < -0.3 is 0 Å². The molecule has 0 aliphatic heterocycles. The number of carbonyl (C=O) groups is 2. The van der Waals surface area contributed by atoms with Crippen molar-refractivity contribution in [3.05, 3.63) is 65.7 Å². The van der Waals surface area contributed by atoms with Crippen molar-refractivity contribution in [2.75, 3.05) is 7.11 Å². The van der Waals surface area contributed by atoms with E-state index in [9.17, 15) is 9.59 Å². The van der Waals surface area contributed by atoms with Gasteiger partial charge in [0.1, 0.15) is 0 Å². The molecule has 0 aliphatic rings. The number of benzene rings is 2. The van der Waals surface area contributed by atoms with Crippen LogP contribution in [0, 0.1) is 6.92 Å². The molecule has 1 N–H and O–H groups in total. The molecule has 2 aromatic rings. The molecule has 0 fully saturated rings. The molecule has 1 atom stereocenters. The fourth-order valence-electron chi connectivity index (χ4n) is 2.35. The number of hydrogen-bond acceptors (Lipinski definition) is 3. The van der Waals surface area contributed by atoms with Gasteiger partial charge in [-0.25, -0.2) is 0 Å². The van der Waals surface area contributed by atoms with E-state index >= 15 is 0 Å². The topological polar surface area (TPSA) is 55.4 Å². The van der Waals surface area contributed by atoms with Gasteiger partial charge in [-0.2, -0.15) is 0 Å². The van der Waals surface area contributed by atoms with Gasteiger partial charge in [-0.3, -0.25) is 0 Å². The number of carbonyl (C=O) groups excluding carboxylic acids is 2. The number of aryl methyl sites for hydroxylation is 1. The molecule has 132 valence electrons. The van der Waals surface area contributed by atoms with Crippen LogP contribution in [-0.4, -0.2) is 40.0 Å². The van der Waals surface area contributed by atoms with E-state index in [1.807, 2.05) is 30.3 Å². The van der Waals surface area contributed by atoms with Crippen LogP contribution in [-0.2, 0) is 20.7 Å². The number of rotatable bonds is 8. The molecule has 0 aliphatic carbocycles. The molecule has 2 rings (SSSR count). The second-order valence-corrected chi connectivity index (χ2v) is 8.20. The van der Waals surface area contributed by atoms with Crippen LogP contribution in [0.4, 0.5) is 0 Å². The molecule has 0 saturated carbocycles. The number of ether oxygens (including phenoxy) is 1. The average molecular weight is 404 g/mol. The fraction of sp³-hybridized carbons (Fsp3) is 0.300. The summed E-state index contributed by atoms with van der Waals surface area (Å²) in [6.07, 6.45) is 0.846. The molecular formula is C20H23NO3Se. The van der Waals surface area contributed by atoms with Crippen molar-refractivity contribution in [3.8, 4) is 0 Å². The van der Waals surface area contributed by atoms with Crippen LogP contribution >= 0.6 is 0 Å². The van der Waals surface area contributed by atoms with Crippen molar-refractivity contribution >= 4 is 31.3 Å². The molecule has 0 heterocycles. The van der Waals surface area contributed by atoms with E-state index < -0.39 is 12.0 Å². The Bertz CT molecular complexity index is 686. The van der Waals surface area contributed by atoms with Gasteiger partial charge in [0.05, 0.1) is 0 Å². The third kappa shape index (κ3) is 6.73. The van der Waals surface area contributed by atoms with Crippen molar-refractivity contribution in [2.45, 2.75) is 31.1 Å². The Labute approximate surface area is 155 Å². The molecule has 0 radical (unpaired) electrons. The van der Waals surface area contributed by atoms with Gasteiger partial charge in [0.25, 0.3) is 0 Å². The van der Waals surface area contributed by atoms with E-state index in [4.69, 9.17) is 4.74 Å². The summed E-state index contributed by atoms with van der Waals surface area (Å²) in [6.45, 7) is 2.06. The molecule has 0 bridgehead atoms. The van der Waals surface area contributed by atoms with E-state index in [1.54, 1.807) is 0 Å². The summed E-state index contributed by atoms with van der Waals surface area (Å²) in [6, 6.07) is 17.4. The summed E-state index contributed by atoms with van der Waals surface area (Å²) in [4.78, 5) is 24.1. The van der Waals surface area contributed by atoms with Crippen LogP contribution in [0.5, 0.6) is 0 Å². The van der Waals surface area contributed by atoms with Gasteiger partial charge in [-0.15, -0.1) is 0 Å². The average Bonchev–Trinajstić information content (AvgIpc) is 2.63. The Kier molecular flexibility index (Phi) is 7.71.